The summed E-state index contributed by atoms with van der Waals surface area (Å²) in [6.45, 7) is 5.81. The molecule has 0 spiro atoms. The second kappa shape index (κ2) is 8.54. The summed E-state index contributed by atoms with van der Waals surface area (Å²) in [4.78, 5) is 29.0. The standard InChI is InChI=1S/C26H29N3O3/c1-26(2,3)27-24(30)23-21-11-8-16-28(21)22(17-18-9-6-5-7-10-18)25(31)29(23)19-12-14-20(32-4)15-13-19/h5-16,22-23H,17H2,1-4H3,(H,27,30)/t22-,23?/m0/s1. The fourth-order valence-electron chi connectivity index (χ4n) is 4.19. The van der Waals surface area contributed by atoms with Gasteiger partial charge in [0.1, 0.15) is 11.8 Å². The summed E-state index contributed by atoms with van der Waals surface area (Å²) in [5.74, 6) is 0.370. The van der Waals surface area contributed by atoms with Gasteiger partial charge in [0.15, 0.2) is 6.04 Å². The maximum Gasteiger partial charge on any atom is 0.251 e. The van der Waals surface area contributed by atoms with Crippen LogP contribution in [0.25, 0.3) is 0 Å². The summed E-state index contributed by atoms with van der Waals surface area (Å²) in [5, 5.41) is 3.06. The first-order valence-corrected chi connectivity index (χ1v) is 10.8. The Morgan fingerprint density at radius 3 is 2.31 bits per heavy atom. The van der Waals surface area contributed by atoms with E-state index in [2.05, 4.69) is 5.32 Å². The van der Waals surface area contributed by atoms with Crippen LogP contribution >= 0.6 is 0 Å². The Hall–Kier alpha value is -3.54. The van der Waals surface area contributed by atoms with Crippen molar-refractivity contribution in [3.05, 3.63) is 84.2 Å². The number of fused-ring (bicyclic) bond motifs is 1. The molecule has 1 aromatic heterocycles. The zero-order valence-electron chi connectivity index (χ0n) is 18.9. The number of hydrogen-bond donors (Lipinski definition) is 1. The van der Waals surface area contributed by atoms with Crippen molar-refractivity contribution in [3.63, 3.8) is 0 Å². The minimum absolute atomic E-state index is 0.114. The van der Waals surface area contributed by atoms with Gasteiger partial charge >= 0.3 is 0 Å². The predicted octanol–water partition coefficient (Wildman–Crippen LogP) is 4.28. The second-order valence-electron chi connectivity index (χ2n) is 9.09. The molecule has 3 aromatic rings. The summed E-state index contributed by atoms with van der Waals surface area (Å²) in [5.41, 5.74) is 2.10. The molecule has 6 nitrogen and oxygen atoms in total. The number of nitrogens with zero attached hydrogens (tertiary/aromatic N) is 2. The monoisotopic (exact) mass is 431 g/mol. The summed E-state index contributed by atoms with van der Waals surface area (Å²) in [6.07, 6.45) is 2.44. The third kappa shape index (κ3) is 4.26. The van der Waals surface area contributed by atoms with E-state index in [4.69, 9.17) is 4.74 Å². The molecule has 1 aliphatic heterocycles. The quantitative estimate of drug-likeness (QED) is 0.656. The Kier molecular flexibility index (Phi) is 5.78. The van der Waals surface area contributed by atoms with Gasteiger partial charge in [-0.25, -0.2) is 0 Å². The molecular weight excluding hydrogens is 402 g/mol. The van der Waals surface area contributed by atoms with E-state index in [1.54, 1.807) is 24.1 Å². The molecule has 4 rings (SSSR count). The minimum Gasteiger partial charge on any atom is -0.497 e. The molecule has 0 saturated carbocycles. The third-order valence-corrected chi connectivity index (χ3v) is 5.58. The third-order valence-electron chi connectivity index (χ3n) is 5.58. The van der Waals surface area contributed by atoms with E-state index in [9.17, 15) is 9.59 Å². The molecule has 0 radical (unpaired) electrons. The number of carbonyl (C=O) groups is 2. The Morgan fingerprint density at radius 2 is 1.69 bits per heavy atom. The van der Waals surface area contributed by atoms with E-state index < -0.39 is 17.6 Å². The van der Waals surface area contributed by atoms with Crippen LogP contribution in [-0.2, 0) is 16.0 Å². The van der Waals surface area contributed by atoms with Crippen LogP contribution in [0.3, 0.4) is 0 Å². The molecule has 32 heavy (non-hydrogen) atoms. The lowest BCUT2D eigenvalue weighted by atomic mass is 9.97. The zero-order chi connectivity index (χ0) is 22.9. The smallest absolute Gasteiger partial charge is 0.251 e. The fourth-order valence-corrected chi connectivity index (χ4v) is 4.19. The first-order valence-electron chi connectivity index (χ1n) is 10.8. The molecular formula is C26H29N3O3. The largest absolute Gasteiger partial charge is 0.497 e. The van der Waals surface area contributed by atoms with Crippen LogP contribution in [0.15, 0.2) is 72.9 Å². The topological polar surface area (TPSA) is 63.6 Å². The molecule has 0 fully saturated rings. The van der Waals surface area contributed by atoms with Gasteiger partial charge in [-0.2, -0.15) is 0 Å². The van der Waals surface area contributed by atoms with Gasteiger partial charge in [0.2, 0.25) is 5.91 Å². The first-order chi connectivity index (χ1) is 15.3. The van der Waals surface area contributed by atoms with Gasteiger partial charge in [-0.3, -0.25) is 14.5 Å². The number of rotatable bonds is 5. The molecule has 0 aliphatic carbocycles. The Bertz CT molecular complexity index is 1100. The number of hydrogen-bond acceptors (Lipinski definition) is 3. The van der Waals surface area contributed by atoms with Crippen molar-refractivity contribution in [3.8, 4) is 5.75 Å². The Labute approximate surface area is 188 Å². The molecule has 1 aliphatic rings. The molecule has 0 bridgehead atoms. The lowest BCUT2D eigenvalue weighted by molar-refractivity contribution is -0.130. The van der Waals surface area contributed by atoms with E-state index in [0.717, 1.165) is 11.3 Å². The number of methoxy groups -OCH3 is 1. The first kappa shape index (κ1) is 21.7. The summed E-state index contributed by atoms with van der Waals surface area (Å²) >= 11 is 0. The van der Waals surface area contributed by atoms with Crippen LogP contribution in [0.1, 0.15) is 44.1 Å². The van der Waals surface area contributed by atoms with Crippen molar-refractivity contribution in [2.75, 3.05) is 12.0 Å². The molecule has 166 valence electrons. The molecule has 1 unspecified atom stereocenters. The van der Waals surface area contributed by atoms with Crippen LogP contribution in [-0.4, -0.2) is 29.0 Å². The van der Waals surface area contributed by atoms with Crippen LogP contribution < -0.4 is 15.0 Å². The number of nitrogens with one attached hydrogen (secondary N) is 1. The normalized spacial score (nSPS) is 18.2. The number of ether oxygens (including phenoxy) is 1. The average Bonchev–Trinajstić information content (AvgIpc) is 3.24. The van der Waals surface area contributed by atoms with Gasteiger partial charge in [-0.05, 0) is 62.7 Å². The predicted molar refractivity (Wildman–Crippen MR) is 125 cm³/mol. The van der Waals surface area contributed by atoms with Gasteiger partial charge in [0.25, 0.3) is 5.91 Å². The number of anilines is 1. The van der Waals surface area contributed by atoms with Gasteiger partial charge in [0, 0.05) is 23.8 Å². The van der Waals surface area contributed by atoms with Gasteiger partial charge < -0.3 is 14.6 Å². The van der Waals surface area contributed by atoms with Crippen LogP contribution in [0.4, 0.5) is 5.69 Å². The van der Waals surface area contributed by atoms with Crippen molar-refractivity contribution >= 4 is 17.5 Å². The highest BCUT2D eigenvalue weighted by atomic mass is 16.5. The highest BCUT2D eigenvalue weighted by Gasteiger charge is 2.44. The lowest BCUT2D eigenvalue weighted by Crippen LogP contribution is -2.54. The van der Waals surface area contributed by atoms with Gasteiger partial charge in [0.05, 0.1) is 12.8 Å². The molecule has 2 amide bonds. The Morgan fingerprint density at radius 1 is 1.00 bits per heavy atom. The average molecular weight is 432 g/mol. The summed E-state index contributed by atoms with van der Waals surface area (Å²) in [6, 6.07) is 19.8. The maximum atomic E-state index is 13.9. The van der Waals surface area contributed by atoms with Crippen molar-refractivity contribution in [1.29, 1.82) is 0 Å². The SMILES string of the molecule is COc1ccc(N2C(=O)[C@H](Cc3ccccc3)n3cccc3C2C(=O)NC(C)(C)C)cc1. The second-order valence-corrected chi connectivity index (χ2v) is 9.09. The van der Waals surface area contributed by atoms with Crippen LogP contribution in [0.5, 0.6) is 5.75 Å². The molecule has 0 saturated heterocycles. The maximum absolute atomic E-state index is 13.9. The lowest BCUT2D eigenvalue weighted by Gasteiger charge is -2.41. The van der Waals surface area contributed by atoms with Crippen molar-refractivity contribution in [1.82, 2.24) is 9.88 Å². The van der Waals surface area contributed by atoms with E-state index in [1.165, 1.54) is 0 Å². The van der Waals surface area contributed by atoms with Crippen LogP contribution in [0.2, 0.25) is 0 Å². The van der Waals surface area contributed by atoms with Crippen molar-refractivity contribution in [2.24, 2.45) is 0 Å². The van der Waals surface area contributed by atoms with E-state index in [0.29, 0.717) is 17.9 Å². The number of aromatic nitrogens is 1. The minimum atomic E-state index is -0.767. The molecule has 2 heterocycles. The summed E-state index contributed by atoms with van der Waals surface area (Å²) in [7, 11) is 1.60. The van der Waals surface area contributed by atoms with Crippen molar-refractivity contribution < 1.29 is 14.3 Å². The number of carbonyl (C=O) groups excluding carboxylic acids is 2. The highest BCUT2D eigenvalue weighted by Crippen LogP contribution is 2.38. The number of amides is 2. The molecule has 6 heteroatoms. The van der Waals surface area contributed by atoms with E-state index in [1.807, 2.05) is 86.1 Å². The fraction of sp³-hybridized carbons (Fsp3) is 0.308. The van der Waals surface area contributed by atoms with Crippen LogP contribution in [0, 0.1) is 0 Å². The Balaban J connectivity index is 1.81. The van der Waals surface area contributed by atoms with Gasteiger partial charge in [-0.15, -0.1) is 0 Å². The molecule has 2 atom stereocenters. The molecule has 1 N–H and O–H groups in total. The van der Waals surface area contributed by atoms with E-state index >= 15 is 0 Å². The number of benzene rings is 2. The van der Waals surface area contributed by atoms with E-state index in [-0.39, 0.29) is 11.8 Å². The van der Waals surface area contributed by atoms with Gasteiger partial charge in [-0.1, -0.05) is 30.3 Å². The summed E-state index contributed by atoms with van der Waals surface area (Å²) < 4.78 is 7.23. The molecule has 2 aromatic carbocycles. The zero-order valence-corrected chi connectivity index (χ0v) is 18.9. The highest BCUT2D eigenvalue weighted by molar-refractivity contribution is 6.04. The van der Waals surface area contributed by atoms with Crippen molar-refractivity contribution in [2.45, 2.75) is 44.8 Å².